The summed E-state index contributed by atoms with van der Waals surface area (Å²) in [7, 11) is 0. The minimum Gasteiger partial charge on any atom is -0.368 e. The van der Waals surface area contributed by atoms with E-state index < -0.39 is 0 Å². The van der Waals surface area contributed by atoms with Crippen LogP contribution in [0.5, 0.6) is 0 Å². The van der Waals surface area contributed by atoms with Crippen LogP contribution in [-0.4, -0.2) is 38.3 Å². The molecule has 118 valence electrons. The van der Waals surface area contributed by atoms with Crippen molar-refractivity contribution in [2.45, 2.75) is 65.4 Å². The molecule has 0 radical (unpaired) electrons. The molecule has 0 unspecified atom stereocenters. The summed E-state index contributed by atoms with van der Waals surface area (Å²) >= 11 is 0. The van der Waals surface area contributed by atoms with Gasteiger partial charge in [0.25, 0.3) is 0 Å². The first-order valence-corrected chi connectivity index (χ1v) is 8.12. The molecule has 4 nitrogen and oxygen atoms in total. The van der Waals surface area contributed by atoms with E-state index in [1.54, 1.807) is 0 Å². The van der Waals surface area contributed by atoms with Crippen LogP contribution in [0.25, 0.3) is 0 Å². The van der Waals surface area contributed by atoms with E-state index in [1.165, 1.54) is 19.3 Å². The molecule has 1 aliphatic rings. The van der Waals surface area contributed by atoms with Gasteiger partial charge in [0, 0.05) is 6.54 Å². The molecule has 1 amide bonds. The average Bonchev–Trinajstić information content (AvgIpc) is 2.44. The summed E-state index contributed by atoms with van der Waals surface area (Å²) in [5, 5.41) is 6.30. The number of carbonyl (C=O) groups is 1. The summed E-state index contributed by atoms with van der Waals surface area (Å²) in [6.45, 7) is 9.59. The Hall–Kier alpha value is -0.610. The highest BCUT2D eigenvalue weighted by atomic mass is 16.5. The molecule has 0 spiro atoms. The van der Waals surface area contributed by atoms with E-state index in [0.717, 1.165) is 38.9 Å². The van der Waals surface area contributed by atoms with Crippen LogP contribution in [0.3, 0.4) is 0 Å². The molecule has 20 heavy (non-hydrogen) atoms. The molecule has 2 N–H and O–H groups in total. The van der Waals surface area contributed by atoms with Gasteiger partial charge in [-0.3, -0.25) is 4.79 Å². The van der Waals surface area contributed by atoms with Crippen molar-refractivity contribution in [2.75, 3.05) is 26.2 Å². The maximum absolute atomic E-state index is 11.8. The molecule has 1 saturated heterocycles. The van der Waals surface area contributed by atoms with Crippen molar-refractivity contribution < 1.29 is 9.53 Å². The number of ether oxygens (including phenoxy) is 1. The second-order valence-corrected chi connectivity index (χ2v) is 6.66. The highest BCUT2D eigenvalue weighted by Crippen LogP contribution is 2.22. The molecule has 0 saturated carbocycles. The smallest absolute Gasteiger partial charge is 0.246 e. The molecule has 0 bridgehead atoms. The second kappa shape index (κ2) is 9.35. The van der Waals surface area contributed by atoms with Gasteiger partial charge in [0.15, 0.2) is 0 Å². The zero-order valence-electron chi connectivity index (χ0n) is 13.5. The van der Waals surface area contributed by atoms with Crippen molar-refractivity contribution in [3.63, 3.8) is 0 Å². The molecule has 0 aromatic carbocycles. The van der Waals surface area contributed by atoms with E-state index in [2.05, 4.69) is 31.4 Å². The van der Waals surface area contributed by atoms with E-state index in [1.807, 2.05) is 0 Å². The summed E-state index contributed by atoms with van der Waals surface area (Å²) in [5.74, 6) is 0.0205. The van der Waals surface area contributed by atoms with E-state index in [4.69, 9.17) is 4.74 Å². The number of amides is 1. The number of carbonyl (C=O) groups excluding carboxylic acids is 1. The first kappa shape index (κ1) is 17.4. The van der Waals surface area contributed by atoms with Gasteiger partial charge in [-0.15, -0.1) is 0 Å². The molecule has 1 rings (SSSR count). The van der Waals surface area contributed by atoms with Crippen LogP contribution < -0.4 is 10.6 Å². The fourth-order valence-corrected chi connectivity index (χ4v) is 2.49. The standard InChI is InChI=1S/C16H32N2O2/c1-4-5-6-9-16(2,3)13-18-15(19)12-20-14-7-10-17-11-8-14/h14,17H,4-13H2,1-3H3,(H,18,19). The number of unbranched alkanes of at least 4 members (excludes halogenated alkanes) is 2. The van der Waals surface area contributed by atoms with Crippen molar-refractivity contribution in [2.24, 2.45) is 5.41 Å². The number of rotatable bonds is 9. The molecule has 1 heterocycles. The molecule has 1 fully saturated rings. The Morgan fingerprint density at radius 3 is 2.65 bits per heavy atom. The number of piperidine rings is 1. The predicted octanol–water partition coefficient (Wildman–Crippen LogP) is 2.48. The lowest BCUT2D eigenvalue weighted by molar-refractivity contribution is -0.128. The molecule has 0 aliphatic carbocycles. The lowest BCUT2D eigenvalue weighted by Gasteiger charge is -2.26. The number of hydrogen-bond acceptors (Lipinski definition) is 3. The molecular weight excluding hydrogens is 252 g/mol. The van der Waals surface area contributed by atoms with Crippen LogP contribution in [0.1, 0.15) is 59.3 Å². The monoisotopic (exact) mass is 284 g/mol. The quantitative estimate of drug-likeness (QED) is 0.640. The highest BCUT2D eigenvalue weighted by molar-refractivity contribution is 5.77. The second-order valence-electron chi connectivity index (χ2n) is 6.66. The van der Waals surface area contributed by atoms with Crippen LogP contribution in [0, 0.1) is 5.41 Å². The first-order valence-electron chi connectivity index (χ1n) is 8.12. The lowest BCUT2D eigenvalue weighted by atomic mass is 9.87. The van der Waals surface area contributed by atoms with Crippen molar-refractivity contribution in [3.05, 3.63) is 0 Å². The fourth-order valence-electron chi connectivity index (χ4n) is 2.49. The molecule has 0 aromatic rings. The third-order valence-corrected chi connectivity index (χ3v) is 3.96. The topological polar surface area (TPSA) is 50.4 Å². The van der Waals surface area contributed by atoms with E-state index >= 15 is 0 Å². The van der Waals surface area contributed by atoms with Gasteiger partial charge < -0.3 is 15.4 Å². The van der Waals surface area contributed by atoms with Gasteiger partial charge in [-0.2, -0.15) is 0 Å². The van der Waals surface area contributed by atoms with Crippen LogP contribution >= 0.6 is 0 Å². The SMILES string of the molecule is CCCCCC(C)(C)CNC(=O)COC1CCNCC1. The van der Waals surface area contributed by atoms with Gasteiger partial charge in [0.05, 0.1) is 6.10 Å². The summed E-state index contributed by atoms with van der Waals surface area (Å²) in [6, 6.07) is 0. The highest BCUT2D eigenvalue weighted by Gasteiger charge is 2.19. The Morgan fingerprint density at radius 2 is 2.00 bits per heavy atom. The predicted molar refractivity (Wildman–Crippen MR) is 82.8 cm³/mol. The Bertz CT molecular complexity index is 274. The molecule has 0 atom stereocenters. The third-order valence-electron chi connectivity index (χ3n) is 3.96. The van der Waals surface area contributed by atoms with Crippen LogP contribution in [0.2, 0.25) is 0 Å². The molecular formula is C16H32N2O2. The lowest BCUT2D eigenvalue weighted by Crippen LogP contribution is -2.38. The van der Waals surface area contributed by atoms with E-state index in [-0.39, 0.29) is 24.0 Å². The fraction of sp³-hybridized carbons (Fsp3) is 0.938. The van der Waals surface area contributed by atoms with Crippen LogP contribution in [-0.2, 0) is 9.53 Å². The summed E-state index contributed by atoms with van der Waals surface area (Å²) in [6.07, 6.45) is 7.19. The first-order chi connectivity index (χ1) is 9.53. The Kier molecular flexibility index (Phi) is 8.15. The van der Waals surface area contributed by atoms with Gasteiger partial charge in [-0.25, -0.2) is 0 Å². The minimum absolute atomic E-state index is 0.0205. The van der Waals surface area contributed by atoms with Crippen LogP contribution in [0.15, 0.2) is 0 Å². The van der Waals surface area contributed by atoms with Gasteiger partial charge in [-0.05, 0) is 37.8 Å². The molecule has 4 heteroatoms. The summed E-state index contributed by atoms with van der Waals surface area (Å²) in [4.78, 5) is 11.8. The summed E-state index contributed by atoms with van der Waals surface area (Å²) < 4.78 is 5.66. The van der Waals surface area contributed by atoms with Gasteiger partial charge in [-0.1, -0.05) is 40.0 Å². The third kappa shape index (κ3) is 7.85. The maximum Gasteiger partial charge on any atom is 0.246 e. The normalized spacial score (nSPS) is 17.1. The molecule has 1 aliphatic heterocycles. The van der Waals surface area contributed by atoms with E-state index in [0.29, 0.717) is 0 Å². The molecule has 0 aromatic heterocycles. The number of nitrogens with one attached hydrogen (secondary N) is 2. The summed E-state index contributed by atoms with van der Waals surface area (Å²) in [5.41, 5.74) is 0.180. The largest absolute Gasteiger partial charge is 0.368 e. The zero-order valence-corrected chi connectivity index (χ0v) is 13.5. The maximum atomic E-state index is 11.8. The van der Waals surface area contributed by atoms with Crippen LogP contribution in [0.4, 0.5) is 0 Å². The number of hydrogen-bond donors (Lipinski definition) is 2. The van der Waals surface area contributed by atoms with Gasteiger partial charge >= 0.3 is 0 Å². The van der Waals surface area contributed by atoms with E-state index in [9.17, 15) is 4.79 Å². The minimum atomic E-state index is 0.0205. The Labute approximate surface area is 124 Å². The Morgan fingerprint density at radius 1 is 1.30 bits per heavy atom. The van der Waals surface area contributed by atoms with Gasteiger partial charge in [0.1, 0.15) is 6.61 Å². The zero-order chi connectivity index (χ0) is 14.8. The van der Waals surface area contributed by atoms with Crippen molar-refractivity contribution >= 4 is 5.91 Å². The Balaban J connectivity index is 2.11. The van der Waals surface area contributed by atoms with Crippen molar-refractivity contribution in [3.8, 4) is 0 Å². The van der Waals surface area contributed by atoms with Crippen molar-refractivity contribution in [1.82, 2.24) is 10.6 Å². The van der Waals surface area contributed by atoms with Gasteiger partial charge in [0.2, 0.25) is 5.91 Å². The van der Waals surface area contributed by atoms with Crippen molar-refractivity contribution in [1.29, 1.82) is 0 Å². The average molecular weight is 284 g/mol.